The highest BCUT2D eigenvalue weighted by Gasteiger charge is 2.39. The van der Waals surface area contributed by atoms with Crippen molar-refractivity contribution in [2.24, 2.45) is 0 Å². The van der Waals surface area contributed by atoms with Crippen LogP contribution in [0.5, 0.6) is 0 Å². The van der Waals surface area contributed by atoms with Crippen molar-refractivity contribution in [2.75, 3.05) is 6.61 Å². The molecule has 0 radical (unpaired) electrons. The standard InChI is InChI=1S/C11H12O4S/c1-8-2-4-9(5-3-8)16(13,14)10-6-7-15-11(10)12/h2-5,10H,6-7H2,1H3/t10-/m0/s1. The topological polar surface area (TPSA) is 60.4 Å². The Morgan fingerprint density at radius 2 is 1.88 bits per heavy atom. The molecule has 0 N–H and O–H groups in total. The summed E-state index contributed by atoms with van der Waals surface area (Å²) in [5.41, 5.74) is 0.980. The van der Waals surface area contributed by atoms with Crippen molar-refractivity contribution in [2.45, 2.75) is 23.5 Å². The Morgan fingerprint density at radius 3 is 2.38 bits per heavy atom. The highest BCUT2D eigenvalue weighted by molar-refractivity contribution is 7.92. The number of sulfone groups is 1. The Hall–Kier alpha value is -1.36. The maximum atomic E-state index is 12.1. The molecule has 0 spiro atoms. The van der Waals surface area contributed by atoms with Crippen LogP contribution >= 0.6 is 0 Å². The molecule has 0 unspecified atom stereocenters. The molecule has 4 nitrogen and oxygen atoms in total. The normalized spacial score (nSPS) is 20.8. The van der Waals surface area contributed by atoms with Gasteiger partial charge < -0.3 is 4.74 Å². The van der Waals surface area contributed by atoms with Crippen LogP contribution < -0.4 is 0 Å². The van der Waals surface area contributed by atoms with Crippen molar-refractivity contribution >= 4 is 15.8 Å². The van der Waals surface area contributed by atoms with Gasteiger partial charge in [-0.1, -0.05) is 17.7 Å². The summed E-state index contributed by atoms with van der Waals surface area (Å²) in [6.07, 6.45) is 0.245. The number of carbonyl (C=O) groups excluding carboxylic acids is 1. The summed E-state index contributed by atoms with van der Waals surface area (Å²) in [4.78, 5) is 11.4. The van der Waals surface area contributed by atoms with E-state index in [0.29, 0.717) is 0 Å². The van der Waals surface area contributed by atoms with E-state index in [4.69, 9.17) is 0 Å². The average molecular weight is 240 g/mol. The number of benzene rings is 1. The van der Waals surface area contributed by atoms with Crippen LogP contribution in [0.1, 0.15) is 12.0 Å². The highest BCUT2D eigenvalue weighted by atomic mass is 32.2. The lowest BCUT2D eigenvalue weighted by Gasteiger charge is -2.08. The molecule has 1 aliphatic heterocycles. The molecule has 1 aliphatic rings. The van der Waals surface area contributed by atoms with E-state index in [-0.39, 0.29) is 17.9 Å². The molecule has 1 aromatic rings. The first-order valence-corrected chi connectivity index (χ1v) is 6.53. The van der Waals surface area contributed by atoms with Crippen LogP contribution in [0.2, 0.25) is 0 Å². The van der Waals surface area contributed by atoms with Crippen molar-refractivity contribution in [3.05, 3.63) is 29.8 Å². The predicted molar refractivity (Wildman–Crippen MR) is 57.7 cm³/mol. The van der Waals surface area contributed by atoms with Gasteiger partial charge in [0.25, 0.3) is 0 Å². The second kappa shape index (κ2) is 3.90. The Morgan fingerprint density at radius 1 is 1.25 bits per heavy atom. The molecule has 1 fully saturated rings. The fraction of sp³-hybridized carbons (Fsp3) is 0.364. The Balaban J connectivity index is 2.39. The second-order valence-electron chi connectivity index (χ2n) is 3.80. The van der Waals surface area contributed by atoms with Gasteiger partial charge in [-0.3, -0.25) is 4.79 Å². The first-order chi connectivity index (χ1) is 7.51. The minimum atomic E-state index is -3.58. The van der Waals surface area contributed by atoms with E-state index >= 15 is 0 Å². The van der Waals surface area contributed by atoms with Crippen LogP contribution in [0.4, 0.5) is 0 Å². The summed E-state index contributed by atoms with van der Waals surface area (Å²) < 4.78 is 28.8. The minimum absolute atomic E-state index is 0.182. The monoisotopic (exact) mass is 240 g/mol. The fourth-order valence-electron chi connectivity index (χ4n) is 1.65. The largest absolute Gasteiger partial charge is 0.465 e. The second-order valence-corrected chi connectivity index (χ2v) is 5.93. The molecule has 1 atom stereocenters. The molecule has 1 aromatic carbocycles. The molecule has 0 aromatic heterocycles. The first-order valence-electron chi connectivity index (χ1n) is 4.99. The van der Waals surface area contributed by atoms with E-state index in [2.05, 4.69) is 4.74 Å². The maximum Gasteiger partial charge on any atom is 0.324 e. The number of ether oxygens (including phenoxy) is 1. The van der Waals surface area contributed by atoms with Gasteiger partial charge >= 0.3 is 5.97 Å². The summed E-state index contributed by atoms with van der Waals surface area (Å²) >= 11 is 0. The smallest absolute Gasteiger partial charge is 0.324 e. The van der Waals surface area contributed by atoms with E-state index in [1.54, 1.807) is 12.1 Å². The molecule has 5 heteroatoms. The van der Waals surface area contributed by atoms with Gasteiger partial charge in [0.05, 0.1) is 11.5 Å². The maximum absolute atomic E-state index is 12.1. The summed E-state index contributed by atoms with van der Waals surface area (Å²) in [6.45, 7) is 2.06. The van der Waals surface area contributed by atoms with E-state index < -0.39 is 21.1 Å². The highest BCUT2D eigenvalue weighted by Crippen LogP contribution is 2.23. The number of carbonyl (C=O) groups is 1. The third-order valence-corrected chi connectivity index (χ3v) is 4.72. The molecule has 16 heavy (non-hydrogen) atoms. The Bertz CT molecular complexity index is 501. The Labute approximate surface area is 94.2 Å². The molecule has 1 saturated heterocycles. The van der Waals surface area contributed by atoms with Crippen LogP contribution in [0.15, 0.2) is 29.2 Å². The Kier molecular flexibility index (Phi) is 2.71. The van der Waals surface area contributed by atoms with Crippen LogP contribution in [-0.4, -0.2) is 26.2 Å². The van der Waals surface area contributed by atoms with E-state index in [9.17, 15) is 13.2 Å². The number of aryl methyl sites for hydroxylation is 1. The van der Waals surface area contributed by atoms with Gasteiger partial charge in [0.15, 0.2) is 15.1 Å². The summed E-state index contributed by atoms with van der Waals surface area (Å²) in [5.74, 6) is -0.638. The lowest BCUT2D eigenvalue weighted by Crippen LogP contribution is -2.25. The van der Waals surface area contributed by atoms with Gasteiger partial charge in [0, 0.05) is 6.42 Å². The van der Waals surface area contributed by atoms with Crippen molar-refractivity contribution in [3.8, 4) is 0 Å². The number of esters is 1. The molecule has 1 heterocycles. The quantitative estimate of drug-likeness (QED) is 0.726. The summed E-state index contributed by atoms with van der Waals surface area (Å²) in [6, 6.07) is 6.48. The van der Waals surface area contributed by atoms with Gasteiger partial charge in [0.2, 0.25) is 0 Å². The lowest BCUT2D eigenvalue weighted by atomic mass is 10.2. The van der Waals surface area contributed by atoms with E-state index in [1.165, 1.54) is 12.1 Å². The molecular formula is C11H12O4S. The fourth-order valence-corrected chi connectivity index (χ4v) is 3.22. The van der Waals surface area contributed by atoms with Crippen molar-refractivity contribution in [1.82, 2.24) is 0 Å². The average Bonchev–Trinajstić information content (AvgIpc) is 2.66. The number of hydrogen-bond acceptors (Lipinski definition) is 4. The van der Waals surface area contributed by atoms with Gasteiger partial charge in [-0.25, -0.2) is 8.42 Å². The number of rotatable bonds is 2. The minimum Gasteiger partial charge on any atom is -0.465 e. The van der Waals surface area contributed by atoms with Crippen LogP contribution in [-0.2, 0) is 19.4 Å². The first kappa shape index (κ1) is 11.1. The zero-order valence-corrected chi connectivity index (χ0v) is 9.66. The van der Waals surface area contributed by atoms with Crippen molar-refractivity contribution in [3.63, 3.8) is 0 Å². The SMILES string of the molecule is Cc1ccc(S(=O)(=O)[C@H]2CCOC2=O)cc1. The van der Waals surface area contributed by atoms with E-state index in [1.807, 2.05) is 6.92 Å². The molecule has 0 aliphatic carbocycles. The van der Waals surface area contributed by atoms with Gasteiger partial charge in [-0.05, 0) is 19.1 Å². The lowest BCUT2D eigenvalue weighted by molar-refractivity contribution is -0.137. The van der Waals surface area contributed by atoms with Crippen molar-refractivity contribution < 1.29 is 17.9 Å². The zero-order valence-electron chi connectivity index (χ0n) is 8.84. The van der Waals surface area contributed by atoms with Crippen LogP contribution in [0.3, 0.4) is 0 Å². The number of hydrogen-bond donors (Lipinski definition) is 0. The molecule has 0 saturated carbocycles. The molecule has 86 valence electrons. The number of cyclic esters (lactones) is 1. The van der Waals surface area contributed by atoms with Crippen LogP contribution in [0.25, 0.3) is 0 Å². The van der Waals surface area contributed by atoms with E-state index in [0.717, 1.165) is 5.56 Å². The third-order valence-electron chi connectivity index (χ3n) is 2.61. The van der Waals surface area contributed by atoms with Gasteiger partial charge in [-0.15, -0.1) is 0 Å². The zero-order chi connectivity index (χ0) is 11.8. The van der Waals surface area contributed by atoms with Gasteiger partial charge in [0.1, 0.15) is 0 Å². The predicted octanol–water partition coefficient (Wildman–Crippen LogP) is 1.08. The third kappa shape index (κ3) is 1.82. The van der Waals surface area contributed by atoms with Crippen molar-refractivity contribution in [1.29, 1.82) is 0 Å². The van der Waals surface area contributed by atoms with Crippen LogP contribution in [0, 0.1) is 6.92 Å². The molecule has 0 bridgehead atoms. The summed E-state index contributed by atoms with van der Waals surface area (Å²) in [7, 11) is -3.58. The molecule has 0 amide bonds. The molecular weight excluding hydrogens is 228 g/mol. The van der Waals surface area contributed by atoms with Gasteiger partial charge in [-0.2, -0.15) is 0 Å². The molecule has 2 rings (SSSR count). The summed E-state index contributed by atoms with van der Waals surface area (Å²) in [5, 5.41) is -1.03.